The van der Waals surface area contributed by atoms with Gasteiger partial charge in [0.15, 0.2) is 12.4 Å². The Hall–Kier alpha value is -4.05. The van der Waals surface area contributed by atoms with Crippen molar-refractivity contribution in [3.63, 3.8) is 0 Å². The van der Waals surface area contributed by atoms with E-state index in [-0.39, 0.29) is 32.2 Å². The quantitative estimate of drug-likeness (QED) is 0.0195. The Bertz CT molecular complexity index is 1760. The molecule has 0 bridgehead atoms. The largest absolute Gasteiger partial charge is 0.545 e. The number of quaternary nitrogens is 1. The fourth-order valence-electron chi connectivity index (χ4n) is 9.71. The summed E-state index contributed by atoms with van der Waals surface area (Å²) >= 11 is 0. The highest BCUT2D eigenvalue weighted by Crippen LogP contribution is 2.17. The molecule has 0 N–H and O–H groups in total. The van der Waals surface area contributed by atoms with Crippen LogP contribution in [0, 0.1) is 0 Å². The standard InChI is InChI=1S/C76H131NO8/c1-6-8-10-12-14-16-18-20-22-24-26-27-28-29-30-31-32-33-34-35-36-37-38-39-40-41-42-43-44-45-46-47-49-51-53-55-57-59-61-63-65-67-74(79)85-72(71-84-76(75(80)81)82-69-68-77(3,4)5)70-83-73(78)66-64-62-60-58-56-54-52-50-48-25-23-21-19-17-15-13-11-9-7-2/h8,10,14,16,20,22,26-27,29-30,32-33,35-36,38-39,41-42,72,76H,6-7,9,11-13,15,17-19,21,23-25,28,31,34,37,40,43-71H2,1-5H3/b10-8-,16-14-,22-20-,27-26-,30-29-,33-32-,36-35-,39-38-,42-41-. The summed E-state index contributed by atoms with van der Waals surface area (Å²) in [6, 6.07) is 0. The predicted molar refractivity (Wildman–Crippen MR) is 361 cm³/mol. The highest BCUT2D eigenvalue weighted by atomic mass is 16.7. The Morgan fingerprint density at radius 3 is 1.00 bits per heavy atom. The lowest BCUT2D eigenvalue weighted by Gasteiger charge is -2.26. The van der Waals surface area contributed by atoms with Gasteiger partial charge in [0.2, 0.25) is 0 Å². The van der Waals surface area contributed by atoms with Crippen molar-refractivity contribution in [3.05, 3.63) is 109 Å². The van der Waals surface area contributed by atoms with Gasteiger partial charge in [0.05, 0.1) is 40.3 Å². The summed E-state index contributed by atoms with van der Waals surface area (Å²) < 4.78 is 22.8. The highest BCUT2D eigenvalue weighted by Gasteiger charge is 2.22. The third-order valence-corrected chi connectivity index (χ3v) is 15.0. The molecule has 0 radical (unpaired) electrons. The summed E-state index contributed by atoms with van der Waals surface area (Å²) in [6.45, 7) is 4.66. The van der Waals surface area contributed by atoms with E-state index in [9.17, 15) is 19.5 Å². The summed E-state index contributed by atoms with van der Waals surface area (Å²) in [5.41, 5.74) is 0. The smallest absolute Gasteiger partial charge is 0.306 e. The molecule has 85 heavy (non-hydrogen) atoms. The Kier molecular flexibility index (Phi) is 62.8. The van der Waals surface area contributed by atoms with Gasteiger partial charge >= 0.3 is 11.9 Å². The van der Waals surface area contributed by atoms with E-state index in [1.807, 2.05) is 21.1 Å². The molecule has 0 spiro atoms. The molecule has 0 aromatic rings. The molecule has 0 saturated carbocycles. The second kappa shape index (κ2) is 65.9. The van der Waals surface area contributed by atoms with Crippen molar-refractivity contribution in [1.82, 2.24) is 0 Å². The molecule has 9 heteroatoms. The van der Waals surface area contributed by atoms with E-state index in [1.165, 1.54) is 167 Å². The maximum atomic E-state index is 12.9. The van der Waals surface area contributed by atoms with E-state index in [4.69, 9.17) is 18.9 Å². The number of rotatable bonds is 64. The van der Waals surface area contributed by atoms with Crippen LogP contribution < -0.4 is 5.11 Å². The van der Waals surface area contributed by atoms with Gasteiger partial charge in [-0.05, 0) is 83.5 Å². The van der Waals surface area contributed by atoms with Gasteiger partial charge in [-0.15, -0.1) is 0 Å². The maximum Gasteiger partial charge on any atom is 0.306 e. The van der Waals surface area contributed by atoms with Crippen LogP contribution in [0.25, 0.3) is 0 Å². The first-order valence-corrected chi connectivity index (χ1v) is 35.0. The predicted octanol–water partition coefficient (Wildman–Crippen LogP) is 20.5. The molecule has 0 amide bonds. The van der Waals surface area contributed by atoms with Crippen molar-refractivity contribution in [2.75, 3.05) is 47.5 Å². The van der Waals surface area contributed by atoms with Crippen molar-refractivity contribution < 1.29 is 42.9 Å². The molecular formula is C76H131NO8. The molecule has 488 valence electrons. The summed E-state index contributed by atoms with van der Waals surface area (Å²) in [5.74, 6) is -2.27. The number of esters is 2. The summed E-state index contributed by atoms with van der Waals surface area (Å²) in [5, 5.41) is 11.8. The number of allylic oxidation sites excluding steroid dienone is 18. The molecule has 0 aromatic heterocycles. The fourth-order valence-corrected chi connectivity index (χ4v) is 9.71. The molecule has 0 aliphatic rings. The van der Waals surface area contributed by atoms with Crippen LogP contribution in [0.5, 0.6) is 0 Å². The van der Waals surface area contributed by atoms with Crippen LogP contribution in [0.4, 0.5) is 0 Å². The molecule has 0 aliphatic carbocycles. The number of hydrogen-bond acceptors (Lipinski definition) is 8. The van der Waals surface area contributed by atoms with Crippen LogP contribution in [0.2, 0.25) is 0 Å². The second-order valence-corrected chi connectivity index (χ2v) is 24.4. The lowest BCUT2D eigenvalue weighted by molar-refractivity contribution is -0.870. The monoisotopic (exact) mass is 1190 g/mol. The van der Waals surface area contributed by atoms with Gasteiger partial charge in [-0.2, -0.15) is 0 Å². The normalized spacial score (nSPS) is 13.4. The Morgan fingerprint density at radius 1 is 0.365 bits per heavy atom. The zero-order valence-electron chi connectivity index (χ0n) is 55.7. The zero-order chi connectivity index (χ0) is 61.9. The molecule has 0 fully saturated rings. The average Bonchev–Trinajstić information content (AvgIpc) is 3.49. The van der Waals surface area contributed by atoms with E-state index >= 15 is 0 Å². The molecule has 0 rings (SSSR count). The summed E-state index contributed by atoms with van der Waals surface area (Å²) in [4.78, 5) is 37.4. The summed E-state index contributed by atoms with van der Waals surface area (Å²) in [6.07, 6.45) is 88.8. The van der Waals surface area contributed by atoms with Crippen molar-refractivity contribution in [3.8, 4) is 0 Å². The van der Waals surface area contributed by atoms with E-state index in [0.29, 0.717) is 23.9 Å². The van der Waals surface area contributed by atoms with Crippen molar-refractivity contribution >= 4 is 17.9 Å². The molecular weight excluding hydrogens is 1050 g/mol. The van der Waals surface area contributed by atoms with Gasteiger partial charge in [0, 0.05) is 12.8 Å². The molecule has 0 heterocycles. The van der Waals surface area contributed by atoms with Gasteiger partial charge in [0.1, 0.15) is 13.2 Å². The number of ether oxygens (including phenoxy) is 4. The maximum absolute atomic E-state index is 12.9. The highest BCUT2D eigenvalue weighted by molar-refractivity contribution is 5.70. The van der Waals surface area contributed by atoms with E-state index < -0.39 is 24.3 Å². The molecule has 0 saturated heterocycles. The molecule has 2 atom stereocenters. The molecule has 9 nitrogen and oxygen atoms in total. The van der Waals surface area contributed by atoms with E-state index in [2.05, 4.69) is 123 Å². The number of carbonyl (C=O) groups excluding carboxylic acids is 3. The van der Waals surface area contributed by atoms with Gasteiger partial charge in [-0.3, -0.25) is 9.59 Å². The number of nitrogens with zero attached hydrogens (tertiary/aromatic N) is 1. The number of unbranched alkanes of at least 4 members (excludes halogenated alkanes) is 31. The minimum Gasteiger partial charge on any atom is -0.545 e. The van der Waals surface area contributed by atoms with Crippen LogP contribution in [0.1, 0.15) is 296 Å². The first-order chi connectivity index (χ1) is 41.6. The molecule has 0 aliphatic heterocycles. The number of carboxylic acid groups (broad SMARTS) is 1. The molecule has 0 aromatic carbocycles. The number of likely N-dealkylation sites (N-methyl/N-ethyl adjacent to an activating group) is 1. The number of aliphatic carboxylic acids is 1. The van der Waals surface area contributed by atoms with Gasteiger partial charge in [-0.1, -0.05) is 309 Å². The lowest BCUT2D eigenvalue weighted by Crippen LogP contribution is -2.44. The summed E-state index contributed by atoms with van der Waals surface area (Å²) in [7, 11) is 5.93. The van der Waals surface area contributed by atoms with Crippen LogP contribution in [-0.4, -0.2) is 82.3 Å². The van der Waals surface area contributed by atoms with Crippen molar-refractivity contribution in [1.29, 1.82) is 0 Å². The molecule has 2 unspecified atom stereocenters. The first kappa shape index (κ1) is 81.0. The first-order valence-electron chi connectivity index (χ1n) is 35.0. The topological polar surface area (TPSA) is 111 Å². The van der Waals surface area contributed by atoms with Crippen LogP contribution in [0.3, 0.4) is 0 Å². The number of carbonyl (C=O) groups is 3. The minimum atomic E-state index is -1.62. The minimum absolute atomic E-state index is 0.146. The van der Waals surface area contributed by atoms with Crippen LogP contribution in [0.15, 0.2) is 109 Å². The Balaban J connectivity index is 4.08. The van der Waals surface area contributed by atoms with Crippen molar-refractivity contribution in [2.45, 2.75) is 309 Å². The SMILES string of the molecule is CC/C=C\C/C=C\C/C=C\C/C=C\C/C=C\C/C=C\C/C=C\C/C=C\C/C=C\CCCCCCCCCCCCCCCC(=O)OC(COC(=O)CCCCCCCCCCCCCCCCCCCCC)COC(OCC[N+](C)(C)C)C(=O)[O-]. The fraction of sp³-hybridized carbons (Fsp3) is 0.724. The van der Waals surface area contributed by atoms with Crippen LogP contribution >= 0.6 is 0 Å². The third-order valence-electron chi connectivity index (χ3n) is 15.0. The zero-order valence-corrected chi connectivity index (χ0v) is 55.7. The second-order valence-electron chi connectivity index (χ2n) is 24.4. The van der Waals surface area contributed by atoms with Gasteiger partial charge in [0.25, 0.3) is 0 Å². The number of hydrogen-bond donors (Lipinski definition) is 0. The van der Waals surface area contributed by atoms with E-state index in [1.54, 1.807) is 0 Å². The number of carboxylic acids is 1. The lowest BCUT2D eigenvalue weighted by atomic mass is 10.0. The van der Waals surface area contributed by atoms with Crippen LogP contribution in [-0.2, 0) is 33.3 Å². The average molecular weight is 1190 g/mol. The van der Waals surface area contributed by atoms with Crippen molar-refractivity contribution in [2.24, 2.45) is 0 Å². The van der Waals surface area contributed by atoms with E-state index in [0.717, 1.165) is 96.3 Å². The van der Waals surface area contributed by atoms with Gasteiger partial charge < -0.3 is 33.3 Å². The Labute approximate surface area is 524 Å². The Morgan fingerprint density at radius 2 is 0.671 bits per heavy atom. The third kappa shape index (κ3) is 67.3. The van der Waals surface area contributed by atoms with Gasteiger partial charge in [-0.25, -0.2) is 0 Å².